The number of carbonyl (C=O) groups is 2. The standard InChI is InChI=1S/C19H11N5O2/c25-18-11-4-2-9-1-3-10-13(5-12(19(26)23-18)16(11)15(9)10)24-8-22-17-14(24)6-20-7-21-17/h2,4-8H,1,3H2,(H,23,25,26). The summed E-state index contributed by atoms with van der Waals surface area (Å²) in [5.74, 6) is -0.693. The van der Waals surface area contributed by atoms with Gasteiger partial charge in [0, 0.05) is 10.9 Å². The van der Waals surface area contributed by atoms with E-state index in [1.54, 1.807) is 12.5 Å². The van der Waals surface area contributed by atoms with Crippen LogP contribution in [0.25, 0.3) is 27.6 Å². The third-order valence-electron chi connectivity index (χ3n) is 5.30. The van der Waals surface area contributed by atoms with Gasteiger partial charge >= 0.3 is 0 Å². The van der Waals surface area contributed by atoms with Crippen molar-refractivity contribution in [3.8, 4) is 5.69 Å². The van der Waals surface area contributed by atoms with Gasteiger partial charge in [-0.1, -0.05) is 6.07 Å². The molecule has 0 spiro atoms. The smallest absolute Gasteiger partial charge is 0.258 e. The number of nitrogens with one attached hydrogen (secondary N) is 1. The number of aromatic nitrogens is 4. The van der Waals surface area contributed by atoms with Gasteiger partial charge in [-0.2, -0.15) is 0 Å². The zero-order valence-corrected chi connectivity index (χ0v) is 13.5. The number of imidazole rings is 1. The first-order chi connectivity index (χ1) is 12.7. The van der Waals surface area contributed by atoms with E-state index in [4.69, 9.17) is 0 Å². The fourth-order valence-electron chi connectivity index (χ4n) is 4.19. The number of aryl methyl sites for hydroxylation is 2. The number of imide groups is 1. The van der Waals surface area contributed by atoms with Gasteiger partial charge in [0.15, 0.2) is 5.65 Å². The number of fused-ring (bicyclic) bond motifs is 1. The first-order valence-electron chi connectivity index (χ1n) is 8.33. The number of amides is 2. The van der Waals surface area contributed by atoms with E-state index < -0.39 is 0 Å². The van der Waals surface area contributed by atoms with E-state index in [9.17, 15) is 9.59 Å². The predicted octanol–water partition coefficient (Wildman–Crippen LogP) is 1.95. The fraction of sp³-hybridized carbons (Fsp3) is 0.105. The van der Waals surface area contributed by atoms with Crippen molar-refractivity contribution < 1.29 is 9.59 Å². The Hall–Kier alpha value is -3.61. The highest BCUT2D eigenvalue weighted by Crippen LogP contribution is 2.40. The summed E-state index contributed by atoms with van der Waals surface area (Å²) in [6.07, 6.45) is 6.63. The van der Waals surface area contributed by atoms with Crippen molar-refractivity contribution in [3.05, 3.63) is 59.3 Å². The van der Waals surface area contributed by atoms with Crippen LogP contribution in [0.4, 0.5) is 0 Å². The zero-order valence-electron chi connectivity index (χ0n) is 13.5. The van der Waals surface area contributed by atoms with Gasteiger partial charge < -0.3 is 0 Å². The topological polar surface area (TPSA) is 89.8 Å². The minimum absolute atomic E-state index is 0.332. The maximum Gasteiger partial charge on any atom is 0.258 e. The Morgan fingerprint density at radius 2 is 1.88 bits per heavy atom. The lowest BCUT2D eigenvalue weighted by atomic mass is 9.91. The summed E-state index contributed by atoms with van der Waals surface area (Å²) >= 11 is 0. The van der Waals surface area contributed by atoms with Gasteiger partial charge in [0.05, 0.1) is 17.4 Å². The van der Waals surface area contributed by atoms with Crippen molar-refractivity contribution in [2.24, 2.45) is 0 Å². The third-order valence-corrected chi connectivity index (χ3v) is 5.30. The quantitative estimate of drug-likeness (QED) is 0.535. The minimum atomic E-state index is -0.361. The molecule has 1 aliphatic heterocycles. The maximum absolute atomic E-state index is 12.5. The van der Waals surface area contributed by atoms with E-state index in [1.807, 2.05) is 22.8 Å². The largest absolute Gasteiger partial charge is 0.296 e. The second-order valence-corrected chi connectivity index (χ2v) is 6.57. The molecule has 0 unspecified atom stereocenters. The Morgan fingerprint density at radius 1 is 1.00 bits per heavy atom. The summed E-state index contributed by atoms with van der Waals surface area (Å²) in [5, 5.41) is 4.23. The van der Waals surface area contributed by atoms with Crippen LogP contribution in [0.2, 0.25) is 0 Å². The van der Waals surface area contributed by atoms with Gasteiger partial charge in [0.25, 0.3) is 11.8 Å². The summed E-state index contributed by atoms with van der Waals surface area (Å²) in [6.45, 7) is 0. The van der Waals surface area contributed by atoms with Crippen LogP contribution in [0.3, 0.4) is 0 Å². The van der Waals surface area contributed by atoms with Crippen LogP contribution in [0.15, 0.2) is 37.1 Å². The average molecular weight is 341 g/mol. The normalized spacial score (nSPS) is 15.1. The number of rotatable bonds is 1. The van der Waals surface area contributed by atoms with Gasteiger partial charge in [-0.05, 0) is 41.5 Å². The van der Waals surface area contributed by atoms with Crippen molar-refractivity contribution in [2.75, 3.05) is 0 Å². The molecule has 3 heterocycles. The lowest BCUT2D eigenvalue weighted by molar-refractivity contribution is 0.0845. The second-order valence-electron chi connectivity index (χ2n) is 6.57. The van der Waals surface area contributed by atoms with E-state index in [-0.39, 0.29) is 11.8 Å². The molecule has 6 rings (SSSR count). The van der Waals surface area contributed by atoms with Crippen LogP contribution in [0.1, 0.15) is 31.8 Å². The Kier molecular flexibility index (Phi) is 2.37. The second kappa shape index (κ2) is 4.51. The molecule has 0 fully saturated rings. The molecule has 0 saturated carbocycles. The Bertz CT molecular complexity index is 1300. The third kappa shape index (κ3) is 1.55. The highest BCUT2D eigenvalue weighted by Gasteiger charge is 2.31. The summed E-state index contributed by atoms with van der Waals surface area (Å²) in [6, 6.07) is 5.66. The monoisotopic (exact) mass is 341 g/mol. The van der Waals surface area contributed by atoms with Crippen LogP contribution in [-0.2, 0) is 12.8 Å². The SMILES string of the molecule is O=C1NC(=O)c2cc(-n3cnc4ncncc43)c3c4c(ccc1c24)CC3. The summed E-state index contributed by atoms with van der Waals surface area (Å²) in [7, 11) is 0. The number of carbonyl (C=O) groups excluding carboxylic acids is 2. The van der Waals surface area contributed by atoms with E-state index >= 15 is 0 Å². The molecule has 124 valence electrons. The predicted molar refractivity (Wildman–Crippen MR) is 93.4 cm³/mol. The van der Waals surface area contributed by atoms with Crippen molar-refractivity contribution in [2.45, 2.75) is 12.8 Å². The van der Waals surface area contributed by atoms with Crippen LogP contribution in [-0.4, -0.2) is 31.3 Å². The number of benzene rings is 2. The van der Waals surface area contributed by atoms with Crippen LogP contribution in [0, 0.1) is 0 Å². The van der Waals surface area contributed by atoms with Gasteiger partial charge in [-0.15, -0.1) is 0 Å². The minimum Gasteiger partial charge on any atom is -0.296 e. The van der Waals surface area contributed by atoms with E-state index in [0.29, 0.717) is 16.8 Å². The van der Waals surface area contributed by atoms with Gasteiger partial charge in [0.1, 0.15) is 18.2 Å². The molecule has 7 nitrogen and oxygen atoms in total. The molecule has 1 N–H and O–H groups in total. The lowest BCUT2D eigenvalue weighted by Gasteiger charge is -2.20. The van der Waals surface area contributed by atoms with Crippen LogP contribution >= 0.6 is 0 Å². The molecule has 2 amide bonds. The summed E-state index contributed by atoms with van der Waals surface area (Å²) in [4.78, 5) is 37.4. The number of nitrogens with zero attached hydrogens (tertiary/aromatic N) is 4. The highest BCUT2D eigenvalue weighted by atomic mass is 16.2. The van der Waals surface area contributed by atoms with Crippen molar-refractivity contribution in [3.63, 3.8) is 0 Å². The molecule has 1 aliphatic carbocycles. The molecule has 7 heteroatoms. The molecule has 2 aromatic carbocycles. The fourth-order valence-corrected chi connectivity index (χ4v) is 4.19. The first kappa shape index (κ1) is 13.7. The molecule has 26 heavy (non-hydrogen) atoms. The molecule has 0 atom stereocenters. The Balaban J connectivity index is 1.79. The molecular formula is C19H11N5O2. The number of hydrogen-bond donors (Lipinski definition) is 1. The maximum atomic E-state index is 12.5. The van der Waals surface area contributed by atoms with Crippen molar-refractivity contribution >= 4 is 33.8 Å². The highest BCUT2D eigenvalue weighted by molar-refractivity contribution is 6.27. The molecule has 0 saturated heterocycles. The van der Waals surface area contributed by atoms with Crippen LogP contribution in [0.5, 0.6) is 0 Å². The first-order valence-corrected chi connectivity index (χ1v) is 8.33. The Morgan fingerprint density at radius 3 is 2.81 bits per heavy atom. The molecule has 0 radical (unpaired) electrons. The Labute approximate surface area is 146 Å². The van der Waals surface area contributed by atoms with E-state index in [1.165, 1.54) is 11.9 Å². The zero-order chi connectivity index (χ0) is 17.4. The number of hydrogen-bond acceptors (Lipinski definition) is 5. The van der Waals surface area contributed by atoms with Gasteiger partial charge in [-0.25, -0.2) is 15.0 Å². The van der Waals surface area contributed by atoms with Crippen LogP contribution < -0.4 is 5.32 Å². The summed E-state index contributed by atoms with van der Waals surface area (Å²) < 4.78 is 1.92. The van der Waals surface area contributed by atoms with Crippen molar-refractivity contribution in [1.82, 2.24) is 24.8 Å². The van der Waals surface area contributed by atoms with Gasteiger partial charge in [-0.3, -0.25) is 19.5 Å². The average Bonchev–Trinajstić information content (AvgIpc) is 3.27. The molecule has 2 aromatic heterocycles. The summed E-state index contributed by atoms with van der Waals surface area (Å²) in [5.41, 5.74) is 5.67. The molecular weight excluding hydrogens is 330 g/mol. The van der Waals surface area contributed by atoms with Gasteiger partial charge in [0.2, 0.25) is 0 Å². The molecule has 2 aliphatic rings. The molecule has 4 aromatic rings. The van der Waals surface area contributed by atoms with E-state index in [0.717, 1.165) is 40.4 Å². The van der Waals surface area contributed by atoms with E-state index in [2.05, 4.69) is 20.3 Å². The van der Waals surface area contributed by atoms with Crippen molar-refractivity contribution in [1.29, 1.82) is 0 Å². The molecule has 0 bridgehead atoms. The lowest BCUT2D eigenvalue weighted by Crippen LogP contribution is -2.35.